The second-order valence-electron chi connectivity index (χ2n) is 10.0. The Morgan fingerprint density at radius 3 is 2.74 bits per heavy atom. The first kappa shape index (κ1) is 25.1. The van der Waals surface area contributed by atoms with E-state index in [0.717, 1.165) is 36.0 Å². The molecule has 0 unspecified atom stereocenters. The average molecular weight is 541 g/mol. The highest BCUT2D eigenvalue weighted by atomic mass is 32.1. The van der Waals surface area contributed by atoms with Gasteiger partial charge in [-0.15, -0.1) is 11.3 Å². The van der Waals surface area contributed by atoms with Crippen LogP contribution in [0.2, 0.25) is 0 Å². The van der Waals surface area contributed by atoms with Crippen LogP contribution in [0.1, 0.15) is 38.2 Å². The van der Waals surface area contributed by atoms with E-state index >= 15 is 0 Å². The van der Waals surface area contributed by atoms with Crippen molar-refractivity contribution in [1.29, 1.82) is 0 Å². The second kappa shape index (κ2) is 10.1. The number of aromatic nitrogens is 3. The predicted molar refractivity (Wildman–Crippen MR) is 153 cm³/mol. The van der Waals surface area contributed by atoms with E-state index in [4.69, 9.17) is 4.74 Å². The Labute approximate surface area is 228 Å². The molecule has 0 spiro atoms. The fourth-order valence-electron chi connectivity index (χ4n) is 5.60. The van der Waals surface area contributed by atoms with Crippen LogP contribution in [0, 0.1) is 12.8 Å². The molecule has 1 aliphatic carbocycles. The number of benzene rings is 2. The largest absolute Gasteiger partial charge is 0.511 e. The van der Waals surface area contributed by atoms with E-state index < -0.39 is 5.69 Å². The van der Waals surface area contributed by atoms with Crippen LogP contribution in [-0.4, -0.2) is 31.6 Å². The van der Waals surface area contributed by atoms with Gasteiger partial charge in [-0.05, 0) is 67.6 Å². The lowest BCUT2D eigenvalue weighted by Crippen LogP contribution is -2.36. The zero-order valence-corrected chi connectivity index (χ0v) is 22.5. The van der Waals surface area contributed by atoms with Gasteiger partial charge < -0.3 is 15.2 Å². The molecule has 0 bridgehead atoms. The number of aliphatic hydroxyl groups excluding tert-OH is 1. The summed E-state index contributed by atoms with van der Waals surface area (Å²) in [7, 11) is 0. The maximum absolute atomic E-state index is 13.5. The van der Waals surface area contributed by atoms with Crippen molar-refractivity contribution in [3.8, 4) is 17.2 Å². The minimum Gasteiger partial charge on any atom is -0.511 e. The summed E-state index contributed by atoms with van der Waals surface area (Å²) in [6, 6.07) is 17.0. The van der Waals surface area contributed by atoms with Crippen LogP contribution in [0.4, 0.5) is 0 Å². The molecule has 3 heterocycles. The zero-order valence-electron chi connectivity index (χ0n) is 21.7. The molecule has 8 nitrogen and oxygen atoms in total. The Kier molecular flexibility index (Phi) is 6.52. The molecular formula is C30H28N4O4S. The highest BCUT2D eigenvalue weighted by molar-refractivity contribution is 7.17. The van der Waals surface area contributed by atoms with Crippen molar-refractivity contribution in [1.82, 2.24) is 19.9 Å². The summed E-state index contributed by atoms with van der Waals surface area (Å²) >= 11 is 1.34. The first-order valence-corrected chi connectivity index (χ1v) is 13.8. The van der Waals surface area contributed by atoms with Crippen molar-refractivity contribution >= 4 is 44.3 Å². The lowest BCUT2D eigenvalue weighted by molar-refractivity contribution is -0.119. The second-order valence-corrected chi connectivity index (χ2v) is 11.0. The number of carbonyl (C=O) groups excluding carboxylic acids is 1. The van der Waals surface area contributed by atoms with Crippen LogP contribution in [-0.2, 0) is 4.79 Å². The molecule has 2 atom stereocenters. The highest BCUT2D eigenvalue weighted by Gasteiger charge is 2.29. The van der Waals surface area contributed by atoms with Crippen molar-refractivity contribution in [2.24, 2.45) is 5.92 Å². The summed E-state index contributed by atoms with van der Waals surface area (Å²) in [6.45, 7) is 3.45. The summed E-state index contributed by atoms with van der Waals surface area (Å²) in [5.41, 5.74) is 2.27. The average Bonchev–Trinajstić information content (AvgIpc) is 3.50. The van der Waals surface area contributed by atoms with E-state index in [0.29, 0.717) is 38.3 Å². The van der Waals surface area contributed by atoms with Crippen LogP contribution in [0.3, 0.4) is 0 Å². The quantitative estimate of drug-likeness (QED) is 0.308. The van der Waals surface area contributed by atoms with Gasteiger partial charge in [-0.1, -0.05) is 24.6 Å². The summed E-state index contributed by atoms with van der Waals surface area (Å²) in [5, 5.41) is 15.0. The van der Waals surface area contributed by atoms with Gasteiger partial charge in [-0.25, -0.2) is 9.78 Å². The van der Waals surface area contributed by atoms with Crippen LogP contribution in [0.5, 0.6) is 11.5 Å². The Morgan fingerprint density at radius 1 is 1.15 bits per heavy atom. The topological polar surface area (TPSA) is 106 Å². The first-order valence-electron chi connectivity index (χ1n) is 13.0. The number of thiophene rings is 1. The van der Waals surface area contributed by atoms with Gasteiger partial charge in [-0.3, -0.25) is 9.36 Å². The third-order valence-electron chi connectivity index (χ3n) is 7.34. The molecule has 1 amide bonds. The molecule has 1 saturated carbocycles. The molecule has 6 rings (SSSR count). The number of hydrogen-bond donors (Lipinski definition) is 2. The van der Waals surface area contributed by atoms with E-state index in [-0.39, 0.29) is 23.6 Å². The molecule has 9 heteroatoms. The van der Waals surface area contributed by atoms with Gasteiger partial charge in [0.2, 0.25) is 5.91 Å². The van der Waals surface area contributed by atoms with Crippen molar-refractivity contribution in [3.63, 3.8) is 0 Å². The normalized spacial score (nSPS) is 18.0. The van der Waals surface area contributed by atoms with Gasteiger partial charge in [-0.2, -0.15) is 4.98 Å². The standard InChI is InChI=1S/C30H28N4O4S/c1-17-15-21(38-20-8-4-3-5-9-20)11-12-23(17)34-24-13-14-31-29-26(24)27(33-30(34)37)28(39-29)25(36)16-19-7-6-10-22(19)32-18(2)35/h3-5,8-9,11-15,19,22,36H,6-7,10,16H2,1-2H3,(H,32,35)/t19-,22+/m1/s1. The number of para-hydroxylation sites is 1. The van der Waals surface area contributed by atoms with E-state index in [1.165, 1.54) is 18.3 Å². The number of aryl methyl sites for hydroxylation is 1. The lowest BCUT2D eigenvalue weighted by atomic mass is 9.98. The Hall–Kier alpha value is -4.24. The summed E-state index contributed by atoms with van der Waals surface area (Å²) in [6.07, 6.45) is 4.91. The van der Waals surface area contributed by atoms with Gasteiger partial charge in [0.15, 0.2) is 0 Å². The fourth-order valence-corrected chi connectivity index (χ4v) is 6.66. The number of pyridine rings is 1. The van der Waals surface area contributed by atoms with Crippen LogP contribution >= 0.6 is 11.3 Å². The van der Waals surface area contributed by atoms with Gasteiger partial charge >= 0.3 is 5.69 Å². The number of hydrogen-bond acceptors (Lipinski definition) is 7. The SMILES string of the molecule is CC(=O)N[C@H]1CCC[C@@H]1CC(O)=c1sc2nccc3c2c1nc(=O)n3-c1ccc(Oc2ccccc2)cc1C. The molecule has 5 aromatic rings. The van der Waals surface area contributed by atoms with Crippen molar-refractivity contribution in [2.75, 3.05) is 0 Å². The zero-order chi connectivity index (χ0) is 27.1. The van der Waals surface area contributed by atoms with Gasteiger partial charge in [0, 0.05) is 25.6 Å². The molecule has 0 saturated heterocycles. The van der Waals surface area contributed by atoms with Gasteiger partial charge in [0.25, 0.3) is 0 Å². The molecule has 0 aliphatic heterocycles. The van der Waals surface area contributed by atoms with Crippen molar-refractivity contribution in [3.05, 3.63) is 81.4 Å². The Bertz CT molecular complexity index is 1810. The van der Waals surface area contributed by atoms with Crippen molar-refractivity contribution in [2.45, 2.75) is 45.6 Å². The van der Waals surface area contributed by atoms with E-state index in [1.807, 2.05) is 61.5 Å². The van der Waals surface area contributed by atoms with Crippen LogP contribution in [0.15, 0.2) is 65.6 Å². The number of ether oxygens (including phenoxy) is 1. The number of amides is 1. The molecular weight excluding hydrogens is 512 g/mol. The smallest absolute Gasteiger partial charge is 0.353 e. The number of nitrogens with one attached hydrogen (secondary N) is 1. The molecule has 1 fully saturated rings. The molecule has 3 aromatic heterocycles. The lowest BCUT2D eigenvalue weighted by Gasteiger charge is -2.19. The maximum Gasteiger partial charge on any atom is 0.353 e. The van der Waals surface area contributed by atoms with Crippen LogP contribution in [0.25, 0.3) is 32.7 Å². The third kappa shape index (κ3) is 4.74. The maximum atomic E-state index is 13.5. The minimum absolute atomic E-state index is 0.0370. The molecule has 198 valence electrons. The van der Waals surface area contributed by atoms with E-state index in [2.05, 4.69) is 15.3 Å². The monoisotopic (exact) mass is 540 g/mol. The Morgan fingerprint density at radius 2 is 1.97 bits per heavy atom. The van der Waals surface area contributed by atoms with Crippen LogP contribution < -0.4 is 20.3 Å². The molecule has 39 heavy (non-hydrogen) atoms. The number of aliphatic hydroxyl groups is 1. The summed E-state index contributed by atoms with van der Waals surface area (Å²) in [4.78, 5) is 34.8. The summed E-state index contributed by atoms with van der Waals surface area (Å²) < 4.78 is 8.12. The highest BCUT2D eigenvalue weighted by Crippen LogP contribution is 2.33. The number of rotatable bonds is 6. The van der Waals surface area contributed by atoms with Gasteiger partial charge in [0.1, 0.15) is 27.6 Å². The number of carbonyl (C=O) groups is 1. The van der Waals surface area contributed by atoms with Crippen molar-refractivity contribution < 1.29 is 14.6 Å². The molecule has 1 aliphatic rings. The molecule has 2 aromatic carbocycles. The first-order chi connectivity index (χ1) is 18.9. The predicted octanol–water partition coefficient (Wildman–Crippen LogP) is 5.18. The summed E-state index contributed by atoms with van der Waals surface area (Å²) in [5.74, 6) is 1.66. The molecule has 0 radical (unpaired) electrons. The van der Waals surface area contributed by atoms with E-state index in [1.54, 1.807) is 10.8 Å². The Balaban J connectivity index is 1.42. The fraction of sp³-hybridized carbons (Fsp3) is 0.267. The molecule has 2 N–H and O–H groups in total. The van der Waals surface area contributed by atoms with E-state index in [9.17, 15) is 14.7 Å². The number of nitrogens with zero attached hydrogens (tertiary/aromatic N) is 3. The minimum atomic E-state index is -0.431. The van der Waals surface area contributed by atoms with Gasteiger partial charge in [0.05, 0.1) is 21.1 Å². The third-order valence-corrected chi connectivity index (χ3v) is 8.47.